The van der Waals surface area contributed by atoms with E-state index in [9.17, 15) is 9.59 Å². The van der Waals surface area contributed by atoms with Gasteiger partial charge in [0.25, 0.3) is 0 Å². The molecule has 0 spiro atoms. The van der Waals surface area contributed by atoms with Crippen molar-refractivity contribution in [3.05, 3.63) is 53.4 Å². The highest BCUT2D eigenvalue weighted by atomic mass is 32.2. The summed E-state index contributed by atoms with van der Waals surface area (Å²) < 4.78 is 6.85. The van der Waals surface area contributed by atoms with Crippen molar-refractivity contribution in [2.24, 2.45) is 0 Å². The van der Waals surface area contributed by atoms with Crippen LogP contribution < -0.4 is 5.32 Å². The van der Waals surface area contributed by atoms with Gasteiger partial charge in [0.1, 0.15) is 0 Å². The summed E-state index contributed by atoms with van der Waals surface area (Å²) in [7, 11) is 0. The Kier molecular flexibility index (Phi) is 7.81. The number of anilines is 1. The lowest BCUT2D eigenvalue weighted by Crippen LogP contribution is -2.14. The molecule has 0 bridgehead atoms. The number of hydrogen-bond acceptors (Lipinski definition) is 7. The first kappa shape index (κ1) is 21.8. The molecule has 0 aliphatic rings. The molecule has 156 valence electrons. The molecule has 3 aromatic rings. The van der Waals surface area contributed by atoms with E-state index in [2.05, 4.69) is 15.5 Å². The van der Waals surface area contributed by atoms with Crippen LogP contribution in [0.5, 0.6) is 0 Å². The Balaban J connectivity index is 1.54. The van der Waals surface area contributed by atoms with Gasteiger partial charge in [-0.3, -0.25) is 4.79 Å². The number of ether oxygens (including phenoxy) is 1. The highest BCUT2D eigenvalue weighted by Crippen LogP contribution is 2.27. The number of thioether (sulfide) groups is 1. The Labute approximate surface area is 183 Å². The first-order chi connectivity index (χ1) is 14.6. The number of carbonyl (C=O) groups is 2. The van der Waals surface area contributed by atoms with Crippen molar-refractivity contribution >= 4 is 46.7 Å². The lowest BCUT2D eigenvalue weighted by atomic mass is 10.2. The van der Waals surface area contributed by atoms with Crippen LogP contribution in [0.2, 0.25) is 0 Å². The zero-order valence-corrected chi connectivity index (χ0v) is 18.3. The van der Waals surface area contributed by atoms with E-state index < -0.39 is 0 Å². The number of aromatic nitrogens is 3. The van der Waals surface area contributed by atoms with Crippen molar-refractivity contribution in [3.63, 3.8) is 0 Å². The molecule has 0 aliphatic heterocycles. The highest BCUT2D eigenvalue weighted by Gasteiger charge is 2.15. The molecule has 0 radical (unpaired) electrons. The maximum absolute atomic E-state index is 12.3. The second kappa shape index (κ2) is 10.7. The largest absolute Gasteiger partial charge is 0.463 e. The molecule has 0 fully saturated rings. The monoisotopic (exact) mass is 442 g/mol. The first-order valence-electron chi connectivity index (χ1n) is 9.45. The fourth-order valence-electron chi connectivity index (χ4n) is 2.63. The summed E-state index contributed by atoms with van der Waals surface area (Å²) in [5, 5.41) is 14.1. The second-order valence-corrected chi connectivity index (χ2v) is 7.96. The second-order valence-electron chi connectivity index (χ2n) is 6.07. The van der Waals surface area contributed by atoms with E-state index in [0.29, 0.717) is 12.3 Å². The van der Waals surface area contributed by atoms with Gasteiger partial charge < -0.3 is 14.6 Å². The van der Waals surface area contributed by atoms with E-state index in [1.54, 1.807) is 36.5 Å². The van der Waals surface area contributed by atoms with Gasteiger partial charge in [-0.25, -0.2) is 4.79 Å². The number of esters is 1. The summed E-state index contributed by atoms with van der Waals surface area (Å²) >= 11 is 2.97. The van der Waals surface area contributed by atoms with Crippen LogP contribution in [0, 0.1) is 0 Å². The van der Waals surface area contributed by atoms with E-state index >= 15 is 0 Å². The van der Waals surface area contributed by atoms with E-state index in [-0.39, 0.29) is 17.6 Å². The van der Waals surface area contributed by atoms with Crippen LogP contribution in [0.3, 0.4) is 0 Å². The Bertz CT molecular complexity index is 1010. The minimum atomic E-state index is -0.380. The van der Waals surface area contributed by atoms with Crippen LogP contribution >= 0.6 is 23.1 Å². The maximum Gasteiger partial charge on any atom is 0.330 e. The van der Waals surface area contributed by atoms with Crippen LogP contribution in [0.4, 0.5) is 5.69 Å². The predicted octanol–water partition coefficient (Wildman–Crippen LogP) is 4.33. The molecule has 0 atom stereocenters. The zero-order valence-electron chi connectivity index (χ0n) is 16.7. The molecular formula is C21H22N4O3S2. The Morgan fingerprint density at radius 2 is 2.00 bits per heavy atom. The normalized spacial score (nSPS) is 11.0. The number of nitrogens with one attached hydrogen (secondary N) is 1. The number of carbonyl (C=O) groups excluding carboxylic acids is 2. The van der Waals surface area contributed by atoms with Gasteiger partial charge in [0.2, 0.25) is 5.91 Å². The molecular weight excluding hydrogens is 420 g/mol. The lowest BCUT2D eigenvalue weighted by molar-refractivity contribution is -0.137. The summed E-state index contributed by atoms with van der Waals surface area (Å²) in [6.07, 6.45) is 3.05. The number of nitrogens with zero attached hydrogens (tertiary/aromatic N) is 3. The number of thiophene rings is 1. The van der Waals surface area contributed by atoms with Gasteiger partial charge in [-0.2, -0.15) is 0 Å². The highest BCUT2D eigenvalue weighted by molar-refractivity contribution is 7.99. The summed E-state index contributed by atoms with van der Waals surface area (Å²) in [6, 6.07) is 11.2. The Hall–Kier alpha value is -2.91. The summed E-state index contributed by atoms with van der Waals surface area (Å²) in [5.41, 5.74) is 1.53. The van der Waals surface area contributed by atoms with Gasteiger partial charge in [-0.05, 0) is 49.1 Å². The molecule has 2 heterocycles. The summed E-state index contributed by atoms with van der Waals surface area (Å²) in [4.78, 5) is 24.7. The standard InChI is InChI=1S/C21H22N4O3S2/c1-3-25-20(17-6-5-13-29-17)23-24-21(25)30-14-18(26)22-16-10-7-15(8-11-16)9-12-19(27)28-4-2/h5-13H,3-4,14H2,1-2H3,(H,22,26)/b12-9+. The zero-order chi connectivity index (χ0) is 21.3. The average molecular weight is 443 g/mol. The van der Waals surface area contributed by atoms with E-state index in [1.165, 1.54) is 17.8 Å². The van der Waals surface area contributed by atoms with Gasteiger partial charge >= 0.3 is 5.97 Å². The Morgan fingerprint density at radius 3 is 2.67 bits per heavy atom. The molecule has 30 heavy (non-hydrogen) atoms. The summed E-state index contributed by atoms with van der Waals surface area (Å²) in [6.45, 7) is 4.86. The van der Waals surface area contributed by atoms with Crippen LogP contribution in [-0.2, 0) is 20.9 Å². The smallest absolute Gasteiger partial charge is 0.330 e. The van der Waals surface area contributed by atoms with Crippen LogP contribution in [0.1, 0.15) is 19.4 Å². The molecule has 0 saturated carbocycles. The van der Waals surface area contributed by atoms with Gasteiger partial charge in [-0.1, -0.05) is 30.0 Å². The van der Waals surface area contributed by atoms with Crippen molar-refractivity contribution < 1.29 is 14.3 Å². The molecule has 7 nitrogen and oxygen atoms in total. The van der Waals surface area contributed by atoms with Crippen molar-refractivity contribution in [3.8, 4) is 10.7 Å². The number of amides is 1. The molecule has 9 heteroatoms. The van der Waals surface area contributed by atoms with Gasteiger partial charge in [-0.15, -0.1) is 21.5 Å². The molecule has 2 aromatic heterocycles. The third-order valence-corrected chi connectivity index (χ3v) is 5.83. The average Bonchev–Trinajstić information content (AvgIpc) is 3.41. The fraction of sp³-hybridized carbons (Fsp3) is 0.238. The third kappa shape index (κ3) is 5.80. The van der Waals surface area contributed by atoms with Crippen molar-refractivity contribution in [1.82, 2.24) is 14.8 Å². The van der Waals surface area contributed by atoms with E-state index in [4.69, 9.17) is 4.74 Å². The quantitative estimate of drug-likeness (QED) is 0.301. The molecule has 0 unspecified atom stereocenters. The molecule has 0 aliphatic carbocycles. The molecule has 1 aromatic carbocycles. The van der Waals surface area contributed by atoms with Crippen LogP contribution in [0.15, 0.2) is 53.0 Å². The molecule has 3 rings (SSSR count). The number of hydrogen-bond donors (Lipinski definition) is 1. The van der Waals surface area contributed by atoms with E-state index in [0.717, 1.165) is 28.0 Å². The van der Waals surface area contributed by atoms with Gasteiger partial charge in [0.05, 0.1) is 17.2 Å². The predicted molar refractivity (Wildman–Crippen MR) is 120 cm³/mol. The summed E-state index contributed by atoms with van der Waals surface area (Å²) in [5.74, 6) is 0.543. The number of benzene rings is 1. The SMILES string of the molecule is CCOC(=O)/C=C/c1ccc(NC(=O)CSc2nnc(-c3cccs3)n2CC)cc1. The van der Waals surface area contributed by atoms with Crippen molar-refractivity contribution in [2.75, 3.05) is 17.7 Å². The van der Waals surface area contributed by atoms with Gasteiger partial charge in [0, 0.05) is 18.3 Å². The van der Waals surface area contributed by atoms with Crippen molar-refractivity contribution in [1.29, 1.82) is 0 Å². The lowest BCUT2D eigenvalue weighted by Gasteiger charge is -2.07. The van der Waals surface area contributed by atoms with E-state index in [1.807, 2.05) is 41.1 Å². The minimum absolute atomic E-state index is 0.127. The van der Waals surface area contributed by atoms with Crippen LogP contribution in [0.25, 0.3) is 16.8 Å². The maximum atomic E-state index is 12.3. The first-order valence-corrected chi connectivity index (χ1v) is 11.3. The molecule has 1 N–H and O–H groups in total. The third-order valence-electron chi connectivity index (χ3n) is 4.00. The minimum Gasteiger partial charge on any atom is -0.463 e. The Morgan fingerprint density at radius 1 is 1.20 bits per heavy atom. The van der Waals surface area contributed by atoms with Gasteiger partial charge in [0.15, 0.2) is 11.0 Å². The van der Waals surface area contributed by atoms with Crippen LogP contribution in [-0.4, -0.2) is 39.0 Å². The molecule has 0 saturated heterocycles. The van der Waals surface area contributed by atoms with Crippen molar-refractivity contribution in [2.45, 2.75) is 25.5 Å². The topological polar surface area (TPSA) is 86.1 Å². The fourth-order valence-corrected chi connectivity index (χ4v) is 4.15. The number of rotatable bonds is 9. The molecule has 1 amide bonds.